The van der Waals surface area contributed by atoms with Crippen LogP contribution in [0.4, 0.5) is 0 Å². The molecular formula is C20H21N3O2. The molecule has 0 amide bonds. The van der Waals surface area contributed by atoms with Crippen molar-refractivity contribution in [1.82, 2.24) is 15.0 Å². The SMILES string of the molecule is COc1ccc(C2CCCN2Cc2nc(-c3ccccc3)no2)cc1. The van der Waals surface area contributed by atoms with Gasteiger partial charge >= 0.3 is 0 Å². The summed E-state index contributed by atoms with van der Waals surface area (Å²) in [6, 6.07) is 18.6. The van der Waals surface area contributed by atoms with Crippen molar-refractivity contribution in [2.75, 3.05) is 13.7 Å². The molecule has 25 heavy (non-hydrogen) atoms. The Bertz CT molecular complexity index is 814. The molecule has 0 aliphatic carbocycles. The molecule has 2 aromatic carbocycles. The van der Waals surface area contributed by atoms with Gasteiger partial charge < -0.3 is 9.26 Å². The summed E-state index contributed by atoms with van der Waals surface area (Å²) in [6.45, 7) is 1.72. The third-order valence-electron chi connectivity index (χ3n) is 4.70. The van der Waals surface area contributed by atoms with Gasteiger partial charge in [0.15, 0.2) is 0 Å². The first kappa shape index (κ1) is 15.8. The van der Waals surface area contributed by atoms with Gasteiger partial charge in [-0.1, -0.05) is 47.6 Å². The average molecular weight is 335 g/mol. The van der Waals surface area contributed by atoms with Crippen LogP contribution >= 0.6 is 0 Å². The number of methoxy groups -OCH3 is 1. The van der Waals surface area contributed by atoms with Crippen LogP contribution in [0.1, 0.15) is 30.3 Å². The molecule has 0 spiro atoms. The summed E-state index contributed by atoms with van der Waals surface area (Å²) in [6.07, 6.45) is 2.32. The van der Waals surface area contributed by atoms with Crippen molar-refractivity contribution in [2.45, 2.75) is 25.4 Å². The lowest BCUT2D eigenvalue weighted by Gasteiger charge is -2.23. The van der Waals surface area contributed by atoms with E-state index in [-0.39, 0.29) is 0 Å². The number of hydrogen-bond acceptors (Lipinski definition) is 5. The molecule has 0 saturated carbocycles. The summed E-state index contributed by atoms with van der Waals surface area (Å²) in [7, 11) is 1.69. The molecule has 2 heterocycles. The summed E-state index contributed by atoms with van der Waals surface area (Å²) < 4.78 is 10.7. The first-order valence-electron chi connectivity index (χ1n) is 8.59. The van der Waals surface area contributed by atoms with E-state index < -0.39 is 0 Å². The van der Waals surface area contributed by atoms with Crippen molar-refractivity contribution >= 4 is 0 Å². The highest BCUT2D eigenvalue weighted by molar-refractivity contribution is 5.53. The first-order valence-corrected chi connectivity index (χ1v) is 8.59. The van der Waals surface area contributed by atoms with Gasteiger partial charge in [-0.15, -0.1) is 0 Å². The van der Waals surface area contributed by atoms with E-state index in [1.54, 1.807) is 7.11 Å². The van der Waals surface area contributed by atoms with Crippen molar-refractivity contribution in [2.24, 2.45) is 0 Å². The molecule has 3 aromatic rings. The zero-order valence-electron chi connectivity index (χ0n) is 14.3. The maximum absolute atomic E-state index is 5.48. The number of likely N-dealkylation sites (tertiary alicyclic amines) is 1. The Labute approximate surface area is 147 Å². The van der Waals surface area contributed by atoms with Gasteiger partial charge in [0, 0.05) is 11.6 Å². The number of rotatable bonds is 5. The number of benzene rings is 2. The van der Waals surface area contributed by atoms with Crippen molar-refractivity contribution in [3.05, 3.63) is 66.1 Å². The number of ether oxygens (including phenoxy) is 1. The van der Waals surface area contributed by atoms with Crippen molar-refractivity contribution in [3.8, 4) is 17.1 Å². The van der Waals surface area contributed by atoms with Crippen LogP contribution in [0.3, 0.4) is 0 Å². The molecular weight excluding hydrogens is 314 g/mol. The van der Waals surface area contributed by atoms with E-state index in [9.17, 15) is 0 Å². The molecule has 128 valence electrons. The number of nitrogens with zero attached hydrogens (tertiary/aromatic N) is 3. The molecule has 5 heteroatoms. The number of aromatic nitrogens is 2. The Hall–Kier alpha value is -2.66. The second-order valence-electron chi connectivity index (χ2n) is 6.28. The van der Waals surface area contributed by atoms with Crippen LogP contribution in [-0.2, 0) is 6.54 Å². The van der Waals surface area contributed by atoms with Gasteiger partial charge in [0.25, 0.3) is 0 Å². The Kier molecular flexibility index (Phi) is 4.48. The fourth-order valence-corrected chi connectivity index (χ4v) is 3.42. The fraction of sp³-hybridized carbons (Fsp3) is 0.300. The fourth-order valence-electron chi connectivity index (χ4n) is 3.42. The van der Waals surface area contributed by atoms with Gasteiger partial charge in [0.05, 0.1) is 13.7 Å². The number of hydrogen-bond donors (Lipinski definition) is 0. The lowest BCUT2D eigenvalue weighted by Crippen LogP contribution is -2.22. The minimum atomic E-state index is 0.387. The van der Waals surface area contributed by atoms with E-state index in [1.165, 1.54) is 12.0 Å². The van der Waals surface area contributed by atoms with Gasteiger partial charge in [0.2, 0.25) is 11.7 Å². The molecule has 1 atom stereocenters. The van der Waals surface area contributed by atoms with Gasteiger partial charge in [-0.3, -0.25) is 4.90 Å². The normalized spacial score (nSPS) is 17.7. The molecule has 0 radical (unpaired) electrons. The van der Waals surface area contributed by atoms with E-state index in [0.29, 0.717) is 24.3 Å². The topological polar surface area (TPSA) is 51.4 Å². The highest BCUT2D eigenvalue weighted by Crippen LogP contribution is 2.33. The molecule has 5 nitrogen and oxygen atoms in total. The van der Waals surface area contributed by atoms with Crippen LogP contribution in [0.25, 0.3) is 11.4 Å². The molecule has 1 aromatic heterocycles. The van der Waals surface area contributed by atoms with Crippen LogP contribution in [0.2, 0.25) is 0 Å². The summed E-state index contributed by atoms with van der Waals surface area (Å²) in [5, 5.41) is 4.12. The predicted molar refractivity (Wildman–Crippen MR) is 95.1 cm³/mol. The minimum Gasteiger partial charge on any atom is -0.497 e. The molecule has 0 N–H and O–H groups in total. The third-order valence-corrected chi connectivity index (χ3v) is 4.70. The summed E-state index contributed by atoms with van der Waals surface area (Å²) in [5.74, 6) is 2.20. The van der Waals surface area contributed by atoms with Gasteiger partial charge in [0.1, 0.15) is 5.75 Å². The van der Waals surface area contributed by atoms with Crippen LogP contribution < -0.4 is 4.74 Å². The molecule has 0 bridgehead atoms. The molecule has 1 saturated heterocycles. The molecule has 1 aliphatic heterocycles. The van der Waals surface area contributed by atoms with Gasteiger partial charge in [-0.05, 0) is 37.1 Å². The monoisotopic (exact) mass is 335 g/mol. The van der Waals surface area contributed by atoms with E-state index in [4.69, 9.17) is 9.26 Å². The predicted octanol–water partition coefficient (Wildman–Crippen LogP) is 4.08. The zero-order chi connectivity index (χ0) is 17.1. The first-order chi connectivity index (χ1) is 12.3. The standard InChI is InChI=1S/C20H21N3O2/c1-24-17-11-9-15(10-12-17)18-8-5-13-23(18)14-19-21-20(22-25-19)16-6-3-2-4-7-16/h2-4,6-7,9-12,18H,5,8,13-14H2,1H3. The maximum atomic E-state index is 5.48. The maximum Gasteiger partial charge on any atom is 0.241 e. The summed E-state index contributed by atoms with van der Waals surface area (Å²) in [5.41, 5.74) is 2.28. The van der Waals surface area contributed by atoms with Crippen LogP contribution in [0, 0.1) is 0 Å². The zero-order valence-corrected chi connectivity index (χ0v) is 14.3. The van der Waals surface area contributed by atoms with Crippen LogP contribution in [0.5, 0.6) is 5.75 Å². The van der Waals surface area contributed by atoms with E-state index in [1.807, 2.05) is 42.5 Å². The van der Waals surface area contributed by atoms with Crippen molar-refractivity contribution in [1.29, 1.82) is 0 Å². The highest BCUT2D eigenvalue weighted by Gasteiger charge is 2.27. The average Bonchev–Trinajstić information content (AvgIpc) is 3.33. The quantitative estimate of drug-likeness (QED) is 0.703. The van der Waals surface area contributed by atoms with Crippen LogP contribution in [-0.4, -0.2) is 28.7 Å². The molecule has 4 rings (SSSR count). The van der Waals surface area contributed by atoms with E-state index in [0.717, 1.165) is 24.3 Å². The van der Waals surface area contributed by atoms with E-state index in [2.05, 4.69) is 27.2 Å². The Balaban J connectivity index is 1.49. The minimum absolute atomic E-state index is 0.387. The van der Waals surface area contributed by atoms with Gasteiger partial charge in [-0.25, -0.2) is 0 Å². The second kappa shape index (κ2) is 7.07. The van der Waals surface area contributed by atoms with Crippen molar-refractivity contribution < 1.29 is 9.26 Å². The molecule has 1 unspecified atom stereocenters. The third kappa shape index (κ3) is 3.42. The lowest BCUT2D eigenvalue weighted by atomic mass is 10.0. The Morgan fingerprint density at radius 2 is 1.92 bits per heavy atom. The lowest BCUT2D eigenvalue weighted by molar-refractivity contribution is 0.212. The Morgan fingerprint density at radius 1 is 1.12 bits per heavy atom. The smallest absolute Gasteiger partial charge is 0.241 e. The summed E-state index contributed by atoms with van der Waals surface area (Å²) in [4.78, 5) is 6.97. The van der Waals surface area contributed by atoms with Crippen LogP contribution in [0.15, 0.2) is 59.1 Å². The molecule has 1 fully saturated rings. The largest absolute Gasteiger partial charge is 0.497 e. The second-order valence-corrected chi connectivity index (χ2v) is 6.28. The molecule has 1 aliphatic rings. The van der Waals surface area contributed by atoms with Gasteiger partial charge in [-0.2, -0.15) is 4.98 Å². The highest BCUT2D eigenvalue weighted by atomic mass is 16.5. The van der Waals surface area contributed by atoms with E-state index >= 15 is 0 Å². The Morgan fingerprint density at radius 3 is 2.68 bits per heavy atom. The van der Waals surface area contributed by atoms with Crippen molar-refractivity contribution in [3.63, 3.8) is 0 Å². The summed E-state index contributed by atoms with van der Waals surface area (Å²) >= 11 is 0.